The van der Waals surface area contributed by atoms with Crippen LogP contribution in [0.25, 0.3) is 0 Å². The fourth-order valence-electron chi connectivity index (χ4n) is 1.99. The van der Waals surface area contributed by atoms with Crippen molar-refractivity contribution in [1.29, 1.82) is 0 Å². The Hall–Kier alpha value is -1.79. The van der Waals surface area contributed by atoms with Gasteiger partial charge in [0.05, 0.1) is 6.61 Å². The van der Waals surface area contributed by atoms with Crippen LogP contribution in [-0.4, -0.2) is 55.4 Å². The summed E-state index contributed by atoms with van der Waals surface area (Å²) >= 11 is 0. The van der Waals surface area contributed by atoms with Crippen molar-refractivity contribution in [2.24, 2.45) is 0 Å². The van der Waals surface area contributed by atoms with Gasteiger partial charge in [0.25, 0.3) is 0 Å². The molecule has 0 bridgehead atoms. The van der Waals surface area contributed by atoms with Gasteiger partial charge in [0, 0.05) is 18.8 Å². The van der Waals surface area contributed by atoms with Crippen LogP contribution in [0.2, 0.25) is 0 Å². The van der Waals surface area contributed by atoms with Gasteiger partial charge in [-0.1, -0.05) is 0 Å². The van der Waals surface area contributed by atoms with Crippen LogP contribution in [0.3, 0.4) is 0 Å². The van der Waals surface area contributed by atoms with E-state index in [2.05, 4.69) is 4.90 Å². The van der Waals surface area contributed by atoms with Crippen LogP contribution in [0.4, 0.5) is 5.69 Å². The van der Waals surface area contributed by atoms with E-state index >= 15 is 0 Å². The maximum Gasteiger partial charge on any atom is 0.339 e. The first-order valence-electron chi connectivity index (χ1n) is 6.12. The third-order valence-corrected chi connectivity index (χ3v) is 3.00. The van der Waals surface area contributed by atoms with Gasteiger partial charge >= 0.3 is 5.97 Å². The largest absolute Gasteiger partial charge is 0.490 e. The lowest BCUT2D eigenvalue weighted by molar-refractivity contribution is -0.0404. The van der Waals surface area contributed by atoms with E-state index in [1.165, 1.54) is 6.07 Å². The molecule has 3 N–H and O–H groups in total. The summed E-state index contributed by atoms with van der Waals surface area (Å²) in [4.78, 5) is 13.3. The number of ether oxygens (including phenoxy) is 2. The van der Waals surface area contributed by atoms with E-state index in [0.717, 1.165) is 13.1 Å². The number of hydrogen-bond donors (Lipinski definition) is 2. The highest BCUT2D eigenvalue weighted by molar-refractivity contribution is 5.92. The quantitative estimate of drug-likeness (QED) is 0.779. The molecule has 1 aromatic rings. The number of morpholine rings is 1. The number of nitrogen functional groups attached to an aromatic ring is 1. The molecule has 1 aromatic carbocycles. The van der Waals surface area contributed by atoms with Crippen LogP contribution in [0.5, 0.6) is 5.75 Å². The molecule has 0 aromatic heterocycles. The van der Waals surface area contributed by atoms with Gasteiger partial charge in [-0.2, -0.15) is 0 Å². The first-order chi connectivity index (χ1) is 9.06. The second-order valence-electron chi connectivity index (χ2n) is 4.63. The molecule has 0 radical (unpaired) electrons. The van der Waals surface area contributed by atoms with Gasteiger partial charge in [-0.15, -0.1) is 0 Å². The number of carboxylic acids is 1. The summed E-state index contributed by atoms with van der Waals surface area (Å²) in [6.07, 6.45) is -0.0436. The Morgan fingerprint density at radius 3 is 3.11 bits per heavy atom. The standard InChI is InChI=1S/C13H18N2O4/c1-15-4-5-18-10(7-15)8-19-12-3-2-9(14)6-11(12)13(16)17/h2-3,6,10H,4-5,7-8,14H2,1H3,(H,16,17). The zero-order valence-corrected chi connectivity index (χ0v) is 10.8. The molecule has 0 aliphatic carbocycles. The Kier molecular flexibility index (Phi) is 4.24. The van der Waals surface area contributed by atoms with Crippen molar-refractivity contribution in [2.45, 2.75) is 6.10 Å². The lowest BCUT2D eigenvalue weighted by atomic mass is 10.2. The smallest absolute Gasteiger partial charge is 0.339 e. The molecule has 0 saturated carbocycles. The summed E-state index contributed by atoms with van der Waals surface area (Å²) in [6.45, 7) is 2.67. The highest BCUT2D eigenvalue weighted by Crippen LogP contribution is 2.22. The Bertz CT molecular complexity index is 464. The normalized spacial score (nSPS) is 20.2. The summed E-state index contributed by atoms with van der Waals surface area (Å²) in [5.74, 6) is -0.734. The monoisotopic (exact) mass is 266 g/mol. The molecule has 1 saturated heterocycles. The SMILES string of the molecule is CN1CCOC(COc2ccc(N)cc2C(=O)O)C1. The molecular formula is C13H18N2O4. The average molecular weight is 266 g/mol. The van der Waals surface area contributed by atoms with Gasteiger partial charge in [-0.3, -0.25) is 0 Å². The molecule has 2 rings (SSSR count). The zero-order valence-electron chi connectivity index (χ0n) is 10.8. The Labute approximate surface area is 111 Å². The molecule has 1 aliphatic heterocycles. The molecular weight excluding hydrogens is 248 g/mol. The van der Waals surface area contributed by atoms with Crippen molar-refractivity contribution in [1.82, 2.24) is 4.90 Å². The number of carboxylic acid groups (broad SMARTS) is 1. The number of likely N-dealkylation sites (N-methyl/N-ethyl adjacent to an activating group) is 1. The molecule has 1 atom stereocenters. The van der Waals surface area contributed by atoms with Crippen LogP contribution >= 0.6 is 0 Å². The zero-order chi connectivity index (χ0) is 13.8. The predicted octanol–water partition coefficient (Wildman–Crippen LogP) is 0.676. The van der Waals surface area contributed by atoms with E-state index < -0.39 is 5.97 Å². The van der Waals surface area contributed by atoms with Crippen LogP contribution in [0, 0.1) is 0 Å². The molecule has 1 unspecified atom stereocenters. The number of rotatable bonds is 4. The Morgan fingerprint density at radius 1 is 1.63 bits per heavy atom. The molecule has 1 heterocycles. The minimum absolute atomic E-state index is 0.0436. The topological polar surface area (TPSA) is 85.0 Å². The maximum absolute atomic E-state index is 11.1. The molecule has 1 fully saturated rings. The van der Waals surface area contributed by atoms with Gasteiger partial charge < -0.3 is 25.2 Å². The average Bonchev–Trinajstić information content (AvgIpc) is 2.37. The van der Waals surface area contributed by atoms with Crippen LogP contribution < -0.4 is 10.5 Å². The van der Waals surface area contributed by atoms with Crippen LogP contribution in [-0.2, 0) is 4.74 Å². The molecule has 6 nitrogen and oxygen atoms in total. The second-order valence-corrected chi connectivity index (χ2v) is 4.63. The third kappa shape index (κ3) is 3.59. The van der Waals surface area contributed by atoms with Gasteiger partial charge in [0.2, 0.25) is 0 Å². The Balaban J connectivity index is 2.01. The van der Waals surface area contributed by atoms with Crippen LogP contribution in [0.15, 0.2) is 18.2 Å². The van der Waals surface area contributed by atoms with E-state index in [1.54, 1.807) is 12.1 Å². The summed E-state index contributed by atoms with van der Waals surface area (Å²) in [6, 6.07) is 4.59. The number of anilines is 1. The number of nitrogens with zero attached hydrogens (tertiary/aromatic N) is 1. The number of hydrogen-bond acceptors (Lipinski definition) is 5. The van der Waals surface area contributed by atoms with E-state index in [9.17, 15) is 4.79 Å². The lowest BCUT2D eigenvalue weighted by Gasteiger charge is -2.29. The number of aromatic carboxylic acids is 1. The lowest BCUT2D eigenvalue weighted by Crippen LogP contribution is -2.42. The van der Waals surface area contributed by atoms with Crippen molar-refractivity contribution in [2.75, 3.05) is 39.1 Å². The third-order valence-electron chi connectivity index (χ3n) is 3.00. The van der Waals surface area contributed by atoms with E-state index in [1.807, 2.05) is 7.05 Å². The number of carbonyl (C=O) groups is 1. The second kappa shape index (κ2) is 5.90. The minimum atomic E-state index is -1.05. The van der Waals surface area contributed by atoms with Crippen LogP contribution in [0.1, 0.15) is 10.4 Å². The van der Waals surface area contributed by atoms with Gasteiger partial charge in [-0.25, -0.2) is 4.79 Å². The van der Waals surface area contributed by atoms with E-state index in [-0.39, 0.29) is 11.7 Å². The highest BCUT2D eigenvalue weighted by Gasteiger charge is 2.19. The number of nitrogens with two attached hydrogens (primary N) is 1. The van der Waals surface area contributed by atoms with Crippen molar-refractivity contribution in [3.8, 4) is 5.75 Å². The summed E-state index contributed by atoms with van der Waals surface area (Å²) in [5, 5.41) is 9.09. The molecule has 0 amide bonds. The molecule has 1 aliphatic rings. The first-order valence-corrected chi connectivity index (χ1v) is 6.12. The molecule has 19 heavy (non-hydrogen) atoms. The number of benzene rings is 1. The van der Waals surface area contributed by atoms with Crippen molar-refractivity contribution in [3.05, 3.63) is 23.8 Å². The fraction of sp³-hybridized carbons (Fsp3) is 0.462. The fourth-order valence-corrected chi connectivity index (χ4v) is 1.99. The summed E-state index contributed by atoms with van der Waals surface area (Å²) in [7, 11) is 2.02. The highest BCUT2D eigenvalue weighted by atomic mass is 16.5. The molecule has 6 heteroatoms. The molecule has 104 valence electrons. The molecule has 0 spiro atoms. The van der Waals surface area contributed by atoms with E-state index in [0.29, 0.717) is 24.7 Å². The van der Waals surface area contributed by atoms with E-state index in [4.69, 9.17) is 20.3 Å². The summed E-state index contributed by atoms with van der Waals surface area (Å²) in [5.41, 5.74) is 6.05. The predicted molar refractivity (Wildman–Crippen MR) is 70.5 cm³/mol. The Morgan fingerprint density at radius 2 is 2.42 bits per heavy atom. The van der Waals surface area contributed by atoms with Gasteiger partial charge in [-0.05, 0) is 25.2 Å². The van der Waals surface area contributed by atoms with Crippen molar-refractivity contribution < 1.29 is 19.4 Å². The van der Waals surface area contributed by atoms with Crippen molar-refractivity contribution >= 4 is 11.7 Å². The maximum atomic E-state index is 11.1. The van der Waals surface area contributed by atoms with Gasteiger partial charge in [0.1, 0.15) is 24.0 Å². The van der Waals surface area contributed by atoms with Gasteiger partial charge in [0.15, 0.2) is 0 Å². The first kappa shape index (κ1) is 13.6. The minimum Gasteiger partial charge on any atom is -0.490 e. The summed E-state index contributed by atoms with van der Waals surface area (Å²) < 4.78 is 11.1. The van der Waals surface area contributed by atoms with Crippen molar-refractivity contribution in [3.63, 3.8) is 0 Å².